The van der Waals surface area contributed by atoms with Gasteiger partial charge in [0.1, 0.15) is 5.75 Å². The number of amides is 4. The van der Waals surface area contributed by atoms with Gasteiger partial charge in [-0.05, 0) is 6.42 Å². The van der Waals surface area contributed by atoms with Crippen LogP contribution in [0.1, 0.15) is 17.5 Å². The highest BCUT2D eigenvalue weighted by molar-refractivity contribution is 6.44. The first-order valence-corrected chi connectivity index (χ1v) is 9.94. The van der Waals surface area contributed by atoms with E-state index in [1.54, 1.807) is 0 Å². The predicted octanol–water partition coefficient (Wildman–Crippen LogP) is 0.474. The van der Waals surface area contributed by atoms with Gasteiger partial charge in [-0.1, -0.05) is 0 Å². The van der Waals surface area contributed by atoms with E-state index in [0.717, 1.165) is 22.9 Å². The molecule has 4 amide bonds. The number of benzene rings is 1. The van der Waals surface area contributed by atoms with Crippen LogP contribution in [0.4, 0.5) is 10.5 Å². The molecule has 3 heterocycles. The van der Waals surface area contributed by atoms with Crippen LogP contribution in [0.3, 0.4) is 0 Å². The minimum atomic E-state index is -0.955. The summed E-state index contributed by atoms with van der Waals surface area (Å²) in [5.41, 5.74) is 0.510. The van der Waals surface area contributed by atoms with Gasteiger partial charge in [-0.3, -0.25) is 34.4 Å². The van der Waals surface area contributed by atoms with Gasteiger partial charge in [0.2, 0.25) is 0 Å². The average Bonchev–Trinajstić information content (AvgIpc) is 2.98. The fourth-order valence-corrected chi connectivity index (χ4v) is 3.84. The number of carbonyl (C=O) groups excluding carboxylic acids is 3. The number of carbonyl (C=O) groups is 3. The van der Waals surface area contributed by atoms with E-state index in [0.29, 0.717) is 37.5 Å². The predicted molar refractivity (Wildman–Crippen MR) is 103 cm³/mol. The molecule has 0 aromatic heterocycles. The van der Waals surface area contributed by atoms with Crippen molar-refractivity contribution in [3.63, 3.8) is 0 Å². The molecule has 12 nitrogen and oxygen atoms in total. The van der Waals surface area contributed by atoms with Crippen molar-refractivity contribution in [1.82, 2.24) is 14.7 Å². The van der Waals surface area contributed by atoms with Gasteiger partial charge in [0.25, 0.3) is 5.69 Å². The van der Waals surface area contributed by atoms with Gasteiger partial charge >= 0.3 is 17.8 Å². The van der Waals surface area contributed by atoms with Crippen LogP contribution in [0.5, 0.6) is 5.75 Å². The summed E-state index contributed by atoms with van der Waals surface area (Å²) in [4.78, 5) is 52.2. The molecule has 0 saturated carbocycles. The Morgan fingerprint density at radius 2 is 1.74 bits per heavy atom. The highest BCUT2D eigenvalue weighted by atomic mass is 16.7. The van der Waals surface area contributed by atoms with Crippen LogP contribution in [-0.2, 0) is 32.2 Å². The second kappa shape index (κ2) is 8.96. The number of nitrogens with zero attached hydrogens (tertiary/aromatic N) is 4. The Balaban J connectivity index is 1.47. The topological polar surface area (TPSA) is 132 Å². The fraction of sp³-hybridized carbons (Fsp3) is 0.526. The summed E-state index contributed by atoms with van der Waals surface area (Å²) in [6, 6.07) is 1.84. The molecule has 1 aromatic rings. The lowest BCUT2D eigenvalue weighted by Crippen LogP contribution is -2.39. The molecule has 0 N–H and O–H groups in total. The van der Waals surface area contributed by atoms with Gasteiger partial charge in [0, 0.05) is 49.4 Å². The SMILES string of the molecule is O=C1C(=O)N(Cc2cc([N+](=O)[O-])cc3c2OCOC3)C(=O)N1CCCN1CCOCC1. The van der Waals surface area contributed by atoms with Crippen LogP contribution in [0.15, 0.2) is 12.1 Å². The molecule has 31 heavy (non-hydrogen) atoms. The van der Waals surface area contributed by atoms with E-state index in [4.69, 9.17) is 14.2 Å². The van der Waals surface area contributed by atoms with Gasteiger partial charge in [0.15, 0.2) is 6.79 Å². The second-order valence-electron chi connectivity index (χ2n) is 7.40. The molecule has 12 heteroatoms. The lowest BCUT2D eigenvalue weighted by molar-refractivity contribution is -0.385. The van der Waals surface area contributed by atoms with E-state index in [-0.39, 0.29) is 37.7 Å². The molecule has 166 valence electrons. The number of rotatable bonds is 7. The number of hydrogen-bond donors (Lipinski definition) is 0. The maximum absolute atomic E-state index is 12.8. The lowest BCUT2D eigenvalue weighted by Gasteiger charge is -2.27. The third-order valence-electron chi connectivity index (χ3n) is 5.41. The smallest absolute Gasteiger partial charge is 0.334 e. The van der Waals surface area contributed by atoms with Gasteiger partial charge in [-0.25, -0.2) is 4.79 Å². The molecule has 0 spiro atoms. The molecule has 2 fully saturated rings. The van der Waals surface area contributed by atoms with Crippen LogP contribution in [0.2, 0.25) is 0 Å². The Morgan fingerprint density at radius 1 is 1.00 bits per heavy atom. The van der Waals surface area contributed by atoms with Gasteiger partial charge in [0.05, 0.1) is 31.3 Å². The summed E-state index contributed by atoms with van der Waals surface area (Å²) in [7, 11) is 0. The van der Waals surface area contributed by atoms with Crippen molar-refractivity contribution in [2.75, 3.05) is 46.2 Å². The van der Waals surface area contributed by atoms with Gasteiger partial charge in [-0.2, -0.15) is 0 Å². The number of fused-ring (bicyclic) bond motifs is 1. The number of imide groups is 2. The minimum absolute atomic E-state index is 0.0493. The first-order chi connectivity index (χ1) is 15.0. The molecule has 2 saturated heterocycles. The van der Waals surface area contributed by atoms with Crippen molar-refractivity contribution in [2.24, 2.45) is 0 Å². The minimum Gasteiger partial charge on any atom is -0.467 e. The maximum Gasteiger partial charge on any atom is 0.334 e. The van der Waals surface area contributed by atoms with E-state index in [9.17, 15) is 24.5 Å². The summed E-state index contributed by atoms with van der Waals surface area (Å²) >= 11 is 0. The van der Waals surface area contributed by atoms with E-state index in [1.807, 2.05) is 0 Å². The quantitative estimate of drug-likeness (QED) is 0.260. The second-order valence-corrected chi connectivity index (χ2v) is 7.40. The van der Waals surface area contributed by atoms with Crippen LogP contribution in [0, 0.1) is 10.1 Å². The number of hydrogen-bond acceptors (Lipinski definition) is 9. The van der Waals surface area contributed by atoms with Crippen LogP contribution >= 0.6 is 0 Å². The van der Waals surface area contributed by atoms with Crippen LogP contribution < -0.4 is 4.74 Å². The molecule has 0 atom stereocenters. The van der Waals surface area contributed by atoms with Crippen molar-refractivity contribution < 1.29 is 33.5 Å². The number of non-ortho nitro benzene ring substituents is 1. The number of nitro benzene ring substituents is 1. The summed E-state index contributed by atoms with van der Waals surface area (Å²) in [6.07, 6.45) is 0.533. The van der Waals surface area contributed by atoms with E-state index in [1.165, 1.54) is 12.1 Å². The first kappa shape index (κ1) is 21.2. The zero-order valence-electron chi connectivity index (χ0n) is 16.8. The van der Waals surface area contributed by atoms with E-state index >= 15 is 0 Å². The Hall–Kier alpha value is -3.09. The average molecular weight is 434 g/mol. The molecule has 3 aliphatic heterocycles. The molecule has 0 radical (unpaired) electrons. The van der Waals surface area contributed by atoms with Crippen molar-refractivity contribution in [3.8, 4) is 5.75 Å². The lowest BCUT2D eigenvalue weighted by atomic mass is 10.1. The Kier molecular flexibility index (Phi) is 6.11. The number of ether oxygens (including phenoxy) is 3. The molecule has 0 aliphatic carbocycles. The van der Waals surface area contributed by atoms with Crippen molar-refractivity contribution in [3.05, 3.63) is 33.4 Å². The Bertz CT molecular complexity index is 914. The fourth-order valence-electron chi connectivity index (χ4n) is 3.84. The molecular weight excluding hydrogens is 412 g/mol. The summed E-state index contributed by atoms with van der Waals surface area (Å²) in [5, 5.41) is 11.3. The standard InChI is InChI=1S/C19H22N4O8/c24-17-18(25)22(19(26)21(17)3-1-2-20-4-6-29-7-5-20)10-13-8-15(23(27)28)9-14-11-30-12-31-16(13)14/h8-9H,1-7,10-12H2. The van der Waals surface area contributed by atoms with Gasteiger partial charge < -0.3 is 14.2 Å². The highest BCUT2D eigenvalue weighted by Crippen LogP contribution is 2.34. The monoisotopic (exact) mass is 434 g/mol. The summed E-state index contributed by atoms with van der Waals surface area (Å²) in [5.74, 6) is -1.52. The molecule has 0 unspecified atom stereocenters. The Morgan fingerprint density at radius 3 is 2.48 bits per heavy atom. The molecule has 0 bridgehead atoms. The van der Waals surface area contributed by atoms with Crippen LogP contribution in [0.25, 0.3) is 0 Å². The van der Waals surface area contributed by atoms with Crippen molar-refractivity contribution >= 4 is 23.5 Å². The summed E-state index contributed by atoms with van der Waals surface area (Å²) in [6.45, 7) is 3.43. The third kappa shape index (κ3) is 4.36. The molecular formula is C19H22N4O8. The third-order valence-corrected chi connectivity index (χ3v) is 5.41. The van der Waals surface area contributed by atoms with E-state index in [2.05, 4.69) is 4.90 Å². The van der Waals surface area contributed by atoms with Crippen molar-refractivity contribution in [1.29, 1.82) is 0 Å². The number of morpholine rings is 1. The molecule has 4 rings (SSSR count). The maximum atomic E-state index is 12.8. The first-order valence-electron chi connectivity index (χ1n) is 9.94. The normalized spacial score (nSPS) is 19.5. The van der Waals surface area contributed by atoms with Crippen LogP contribution in [-0.4, -0.2) is 83.7 Å². The zero-order valence-corrected chi connectivity index (χ0v) is 16.8. The number of urea groups is 1. The van der Waals surface area contributed by atoms with Gasteiger partial charge in [-0.15, -0.1) is 0 Å². The zero-order chi connectivity index (χ0) is 22.0. The molecule has 3 aliphatic rings. The molecule has 1 aromatic carbocycles. The van der Waals surface area contributed by atoms with Crippen molar-refractivity contribution in [2.45, 2.75) is 19.6 Å². The highest BCUT2D eigenvalue weighted by Gasteiger charge is 2.44. The largest absolute Gasteiger partial charge is 0.467 e. The Labute approximate surface area is 177 Å². The van der Waals surface area contributed by atoms with E-state index < -0.39 is 22.8 Å². The number of nitro groups is 1. The summed E-state index contributed by atoms with van der Waals surface area (Å²) < 4.78 is 15.9.